The maximum atomic E-state index is 5.88. The molecule has 0 aromatic rings. The molecule has 0 spiro atoms. The van der Waals surface area contributed by atoms with Crippen molar-refractivity contribution in [2.24, 2.45) is 0 Å². The van der Waals surface area contributed by atoms with Crippen molar-refractivity contribution in [3.8, 4) is 0 Å². The lowest BCUT2D eigenvalue weighted by Gasteiger charge is -2.49. The van der Waals surface area contributed by atoms with Gasteiger partial charge in [-0.15, -0.1) is 6.58 Å². The highest BCUT2D eigenvalue weighted by atomic mass is 16.7. The molecule has 0 amide bonds. The molecule has 0 radical (unpaired) electrons. The molecule has 0 aromatic carbocycles. The predicted molar refractivity (Wildman–Crippen MR) is 61.3 cm³/mol. The van der Waals surface area contributed by atoms with E-state index in [1.807, 2.05) is 19.9 Å². The standard InChI is InChI=1S/C12H21NO3/c1-5-6-13-7-9(14-4)11(13)10-8-15-12(2,3)16-10/h5,9-11H,1,6-8H2,2-4H3/t9-,10+,11+/m0/s1. The lowest BCUT2D eigenvalue weighted by Crippen LogP contribution is -2.66. The molecule has 0 unspecified atom stereocenters. The van der Waals surface area contributed by atoms with Crippen LogP contribution in [0.2, 0.25) is 0 Å². The third-order valence-corrected chi connectivity index (χ3v) is 3.29. The van der Waals surface area contributed by atoms with Gasteiger partial charge in [-0.1, -0.05) is 6.08 Å². The topological polar surface area (TPSA) is 30.9 Å². The van der Waals surface area contributed by atoms with Gasteiger partial charge in [0.05, 0.1) is 18.8 Å². The van der Waals surface area contributed by atoms with Gasteiger partial charge in [0, 0.05) is 20.2 Å². The molecule has 2 rings (SSSR count). The second-order valence-corrected chi connectivity index (χ2v) is 4.87. The van der Waals surface area contributed by atoms with Crippen LogP contribution in [0.1, 0.15) is 13.8 Å². The number of likely N-dealkylation sites (tertiary alicyclic amines) is 1. The molecule has 0 aliphatic carbocycles. The molecule has 16 heavy (non-hydrogen) atoms. The van der Waals surface area contributed by atoms with E-state index < -0.39 is 5.79 Å². The van der Waals surface area contributed by atoms with E-state index in [4.69, 9.17) is 14.2 Å². The average molecular weight is 227 g/mol. The van der Waals surface area contributed by atoms with Crippen molar-refractivity contribution in [1.29, 1.82) is 0 Å². The minimum absolute atomic E-state index is 0.105. The van der Waals surface area contributed by atoms with Crippen LogP contribution in [0.4, 0.5) is 0 Å². The molecule has 92 valence electrons. The number of rotatable bonds is 4. The maximum Gasteiger partial charge on any atom is 0.163 e. The zero-order chi connectivity index (χ0) is 11.8. The summed E-state index contributed by atoms with van der Waals surface area (Å²) in [6.45, 7) is 10.1. The highest BCUT2D eigenvalue weighted by Crippen LogP contribution is 2.32. The minimum Gasteiger partial charge on any atom is -0.378 e. The lowest BCUT2D eigenvalue weighted by atomic mass is 9.94. The van der Waals surface area contributed by atoms with Gasteiger partial charge < -0.3 is 14.2 Å². The van der Waals surface area contributed by atoms with E-state index in [1.54, 1.807) is 7.11 Å². The molecular weight excluding hydrogens is 206 g/mol. The van der Waals surface area contributed by atoms with Gasteiger partial charge in [-0.25, -0.2) is 0 Å². The number of ether oxygens (including phenoxy) is 3. The van der Waals surface area contributed by atoms with Crippen LogP contribution in [0.15, 0.2) is 12.7 Å². The third kappa shape index (κ3) is 2.15. The van der Waals surface area contributed by atoms with E-state index >= 15 is 0 Å². The summed E-state index contributed by atoms with van der Waals surface area (Å²) in [5, 5.41) is 0. The van der Waals surface area contributed by atoms with Gasteiger partial charge in [-0.05, 0) is 13.8 Å². The van der Waals surface area contributed by atoms with Gasteiger partial charge in [-0.2, -0.15) is 0 Å². The smallest absolute Gasteiger partial charge is 0.163 e. The van der Waals surface area contributed by atoms with Gasteiger partial charge in [0.2, 0.25) is 0 Å². The van der Waals surface area contributed by atoms with Crippen molar-refractivity contribution < 1.29 is 14.2 Å². The molecule has 2 aliphatic rings. The van der Waals surface area contributed by atoms with Crippen molar-refractivity contribution in [3.63, 3.8) is 0 Å². The van der Waals surface area contributed by atoms with Crippen molar-refractivity contribution in [1.82, 2.24) is 4.90 Å². The quantitative estimate of drug-likeness (QED) is 0.671. The highest BCUT2D eigenvalue weighted by Gasteiger charge is 2.48. The second-order valence-electron chi connectivity index (χ2n) is 4.87. The highest BCUT2D eigenvalue weighted by molar-refractivity contribution is 5.01. The second kappa shape index (κ2) is 4.45. The van der Waals surface area contributed by atoms with Gasteiger partial charge in [0.15, 0.2) is 5.79 Å². The summed E-state index contributed by atoms with van der Waals surface area (Å²) >= 11 is 0. The van der Waals surface area contributed by atoms with E-state index in [0.29, 0.717) is 12.6 Å². The van der Waals surface area contributed by atoms with E-state index in [1.165, 1.54) is 0 Å². The average Bonchev–Trinajstić information content (AvgIpc) is 2.52. The number of hydrogen-bond donors (Lipinski definition) is 0. The zero-order valence-corrected chi connectivity index (χ0v) is 10.3. The van der Waals surface area contributed by atoms with E-state index in [2.05, 4.69) is 11.5 Å². The van der Waals surface area contributed by atoms with E-state index in [-0.39, 0.29) is 12.2 Å². The Kier molecular flexibility index (Phi) is 3.35. The van der Waals surface area contributed by atoms with Gasteiger partial charge in [0.1, 0.15) is 6.10 Å². The lowest BCUT2D eigenvalue weighted by molar-refractivity contribution is -0.175. The third-order valence-electron chi connectivity index (χ3n) is 3.29. The normalized spacial score (nSPS) is 38.3. The van der Waals surface area contributed by atoms with Crippen LogP contribution in [0.25, 0.3) is 0 Å². The first kappa shape index (κ1) is 12.0. The molecule has 2 saturated heterocycles. The Morgan fingerprint density at radius 2 is 2.31 bits per heavy atom. The zero-order valence-electron chi connectivity index (χ0n) is 10.3. The summed E-state index contributed by atoms with van der Waals surface area (Å²) in [5.41, 5.74) is 0. The summed E-state index contributed by atoms with van der Waals surface area (Å²) < 4.78 is 16.9. The number of hydrogen-bond acceptors (Lipinski definition) is 4. The molecule has 2 heterocycles. The monoisotopic (exact) mass is 227 g/mol. The Hall–Kier alpha value is -0.420. The van der Waals surface area contributed by atoms with Crippen LogP contribution >= 0.6 is 0 Å². The fourth-order valence-electron chi connectivity index (χ4n) is 2.49. The van der Waals surface area contributed by atoms with Crippen LogP contribution in [0.5, 0.6) is 0 Å². The fraction of sp³-hybridized carbons (Fsp3) is 0.833. The summed E-state index contributed by atoms with van der Waals surface area (Å²) in [6.07, 6.45) is 2.27. The van der Waals surface area contributed by atoms with Crippen molar-refractivity contribution >= 4 is 0 Å². The summed E-state index contributed by atoms with van der Waals surface area (Å²) in [5.74, 6) is -0.460. The number of nitrogens with zero attached hydrogens (tertiary/aromatic N) is 1. The predicted octanol–water partition coefficient (Wildman–Crippen LogP) is 1.02. The van der Waals surface area contributed by atoms with Crippen LogP contribution in [-0.2, 0) is 14.2 Å². The molecule has 4 nitrogen and oxygen atoms in total. The first-order valence-electron chi connectivity index (χ1n) is 5.77. The Labute approximate surface area is 97.2 Å². The first-order valence-corrected chi connectivity index (χ1v) is 5.77. The Morgan fingerprint density at radius 1 is 1.56 bits per heavy atom. The molecule has 4 heteroatoms. The summed E-state index contributed by atoms with van der Waals surface area (Å²) in [7, 11) is 1.75. The van der Waals surface area contributed by atoms with E-state index in [9.17, 15) is 0 Å². The Morgan fingerprint density at radius 3 is 2.81 bits per heavy atom. The van der Waals surface area contributed by atoms with Gasteiger partial charge in [-0.3, -0.25) is 4.90 Å². The fourth-order valence-corrected chi connectivity index (χ4v) is 2.49. The molecule has 0 N–H and O–H groups in total. The Bertz CT molecular complexity index is 267. The minimum atomic E-state index is -0.460. The molecule has 0 aromatic heterocycles. The SMILES string of the molecule is C=CCN1C[C@H](OC)[C@@H]1[C@H]1COC(C)(C)O1. The van der Waals surface area contributed by atoms with Crippen LogP contribution in [-0.4, -0.2) is 55.7 Å². The van der Waals surface area contributed by atoms with E-state index in [0.717, 1.165) is 13.1 Å². The molecule has 2 fully saturated rings. The van der Waals surface area contributed by atoms with Crippen molar-refractivity contribution in [2.75, 3.05) is 26.8 Å². The number of methoxy groups -OCH3 is 1. The van der Waals surface area contributed by atoms with Gasteiger partial charge in [0.25, 0.3) is 0 Å². The Balaban J connectivity index is 1.97. The van der Waals surface area contributed by atoms with Crippen LogP contribution in [0.3, 0.4) is 0 Å². The largest absolute Gasteiger partial charge is 0.378 e. The van der Waals surface area contributed by atoms with Crippen molar-refractivity contribution in [3.05, 3.63) is 12.7 Å². The summed E-state index contributed by atoms with van der Waals surface area (Å²) in [4.78, 5) is 2.32. The molecule has 3 atom stereocenters. The molecule has 0 saturated carbocycles. The molecule has 0 bridgehead atoms. The van der Waals surface area contributed by atoms with Crippen LogP contribution in [0, 0.1) is 0 Å². The molecular formula is C12H21NO3. The van der Waals surface area contributed by atoms with Crippen LogP contribution < -0.4 is 0 Å². The molecule has 2 aliphatic heterocycles. The van der Waals surface area contributed by atoms with Gasteiger partial charge >= 0.3 is 0 Å². The first-order chi connectivity index (χ1) is 7.57. The maximum absolute atomic E-state index is 5.88. The summed E-state index contributed by atoms with van der Waals surface area (Å²) in [6, 6.07) is 0.296. The van der Waals surface area contributed by atoms with Crippen molar-refractivity contribution in [2.45, 2.75) is 37.9 Å².